The SMILES string of the molecule is Cc1ccccc1-c1c(O)n(CC2CCC2)c(=O)[nH]c1=O. The Morgan fingerprint density at radius 3 is 2.62 bits per heavy atom. The zero-order chi connectivity index (χ0) is 15.0. The minimum absolute atomic E-state index is 0.173. The molecule has 0 unspecified atom stereocenters. The van der Waals surface area contributed by atoms with Crippen molar-refractivity contribution < 1.29 is 5.11 Å². The van der Waals surface area contributed by atoms with Gasteiger partial charge in [-0.15, -0.1) is 0 Å². The van der Waals surface area contributed by atoms with E-state index in [0.29, 0.717) is 18.0 Å². The molecule has 2 aromatic rings. The third kappa shape index (κ3) is 2.39. The summed E-state index contributed by atoms with van der Waals surface area (Å²) in [4.78, 5) is 26.4. The smallest absolute Gasteiger partial charge is 0.331 e. The Bertz CT molecular complexity index is 785. The number of hydrogen-bond donors (Lipinski definition) is 2. The Labute approximate surface area is 121 Å². The molecule has 0 bridgehead atoms. The van der Waals surface area contributed by atoms with E-state index >= 15 is 0 Å². The largest absolute Gasteiger partial charge is 0.494 e. The lowest BCUT2D eigenvalue weighted by molar-refractivity contribution is 0.257. The summed E-state index contributed by atoms with van der Waals surface area (Å²) in [5, 5.41) is 10.4. The molecule has 1 saturated carbocycles. The molecule has 1 aromatic heterocycles. The number of nitrogens with zero attached hydrogens (tertiary/aromatic N) is 1. The first kappa shape index (κ1) is 13.7. The summed E-state index contributed by atoms with van der Waals surface area (Å²) in [5.41, 5.74) is 0.621. The van der Waals surface area contributed by atoms with Gasteiger partial charge in [0.2, 0.25) is 5.88 Å². The molecule has 0 aliphatic heterocycles. The standard InChI is InChI=1S/C16H18N2O3/c1-10-5-2-3-8-12(10)13-14(19)17-16(21)18(15(13)20)9-11-6-4-7-11/h2-3,5,8,11,20H,4,6-7,9H2,1H3,(H,17,19,21). The van der Waals surface area contributed by atoms with Gasteiger partial charge in [0.1, 0.15) is 5.56 Å². The molecular weight excluding hydrogens is 268 g/mol. The van der Waals surface area contributed by atoms with E-state index in [-0.39, 0.29) is 11.4 Å². The highest BCUT2D eigenvalue weighted by Gasteiger charge is 2.23. The van der Waals surface area contributed by atoms with Crippen LogP contribution in [-0.4, -0.2) is 14.7 Å². The molecule has 1 aliphatic carbocycles. The van der Waals surface area contributed by atoms with Crippen molar-refractivity contribution in [2.75, 3.05) is 0 Å². The summed E-state index contributed by atoms with van der Waals surface area (Å²) in [6.07, 6.45) is 3.28. The van der Waals surface area contributed by atoms with E-state index in [2.05, 4.69) is 4.98 Å². The lowest BCUT2D eigenvalue weighted by Crippen LogP contribution is -2.34. The Morgan fingerprint density at radius 1 is 1.29 bits per heavy atom. The average Bonchev–Trinajstić information content (AvgIpc) is 2.38. The highest BCUT2D eigenvalue weighted by Crippen LogP contribution is 2.31. The molecule has 0 radical (unpaired) electrons. The van der Waals surface area contributed by atoms with Crippen molar-refractivity contribution in [3.05, 3.63) is 50.7 Å². The molecule has 0 amide bonds. The van der Waals surface area contributed by atoms with Crippen LogP contribution >= 0.6 is 0 Å². The van der Waals surface area contributed by atoms with Crippen LogP contribution < -0.4 is 11.2 Å². The van der Waals surface area contributed by atoms with Crippen LogP contribution in [0, 0.1) is 12.8 Å². The van der Waals surface area contributed by atoms with Gasteiger partial charge in [0.15, 0.2) is 0 Å². The number of aromatic amines is 1. The van der Waals surface area contributed by atoms with E-state index < -0.39 is 11.2 Å². The summed E-state index contributed by atoms with van der Waals surface area (Å²) in [5.74, 6) is 0.175. The highest BCUT2D eigenvalue weighted by atomic mass is 16.3. The molecule has 5 heteroatoms. The number of benzene rings is 1. The monoisotopic (exact) mass is 286 g/mol. The van der Waals surface area contributed by atoms with Crippen LogP contribution in [0.15, 0.2) is 33.9 Å². The number of aryl methyl sites for hydroxylation is 1. The van der Waals surface area contributed by atoms with E-state index in [9.17, 15) is 14.7 Å². The number of hydrogen-bond acceptors (Lipinski definition) is 3. The maximum Gasteiger partial charge on any atom is 0.331 e. The van der Waals surface area contributed by atoms with Gasteiger partial charge in [0.25, 0.3) is 5.56 Å². The third-order valence-electron chi connectivity index (χ3n) is 4.25. The quantitative estimate of drug-likeness (QED) is 0.906. The van der Waals surface area contributed by atoms with Crippen LogP contribution in [0.3, 0.4) is 0 Å². The number of rotatable bonds is 3. The summed E-state index contributed by atoms with van der Waals surface area (Å²) in [7, 11) is 0. The van der Waals surface area contributed by atoms with Gasteiger partial charge in [0, 0.05) is 6.54 Å². The van der Waals surface area contributed by atoms with Crippen molar-refractivity contribution in [1.29, 1.82) is 0 Å². The van der Waals surface area contributed by atoms with Gasteiger partial charge < -0.3 is 5.11 Å². The molecule has 1 fully saturated rings. The molecule has 2 N–H and O–H groups in total. The maximum absolute atomic E-state index is 12.1. The number of aromatic nitrogens is 2. The van der Waals surface area contributed by atoms with E-state index in [1.165, 1.54) is 4.57 Å². The summed E-state index contributed by atoms with van der Waals surface area (Å²) < 4.78 is 1.28. The molecular formula is C16H18N2O3. The van der Waals surface area contributed by atoms with Crippen molar-refractivity contribution in [1.82, 2.24) is 9.55 Å². The normalized spacial score (nSPS) is 14.9. The van der Waals surface area contributed by atoms with Crippen molar-refractivity contribution >= 4 is 0 Å². The zero-order valence-electron chi connectivity index (χ0n) is 11.9. The molecule has 21 heavy (non-hydrogen) atoms. The second-order valence-corrected chi connectivity index (χ2v) is 5.68. The van der Waals surface area contributed by atoms with Crippen LogP contribution in [0.25, 0.3) is 11.1 Å². The lowest BCUT2D eigenvalue weighted by atomic mass is 9.85. The minimum atomic E-state index is -0.545. The minimum Gasteiger partial charge on any atom is -0.494 e. The fourth-order valence-corrected chi connectivity index (χ4v) is 2.76. The molecule has 1 aromatic carbocycles. The average molecular weight is 286 g/mol. The number of aromatic hydroxyl groups is 1. The fourth-order valence-electron chi connectivity index (χ4n) is 2.76. The van der Waals surface area contributed by atoms with Crippen molar-refractivity contribution in [2.45, 2.75) is 32.7 Å². The Balaban J connectivity index is 2.16. The van der Waals surface area contributed by atoms with Crippen LogP contribution in [0.1, 0.15) is 24.8 Å². The van der Waals surface area contributed by atoms with Crippen molar-refractivity contribution in [2.24, 2.45) is 5.92 Å². The summed E-state index contributed by atoms with van der Waals surface area (Å²) >= 11 is 0. The van der Waals surface area contributed by atoms with Gasteiger partial charge in [-0.3, -0.25) is 14.3 Å². The van der Waals surface area contributed by atoms with Crippen molar-refractivity contribution in [3.63, 3.8) is 0 Å². The first-order valence-electron chi connectivity index (χ1n) is 7.20. The molecule has 5 nitrogen and oxygen atoms in total. The topological polar surface area (TPSA) is 75.1 Å². The van der Waals surface area contributed by atoms with Gasteiger partial charge >= 0.3 is 5.69 Å². The Morgan fingerprint density at radius 2 is 2.00 bits per heavy atom. The first-order valence-corrected chi connectivity index (χ1v) is 7.20. The van der Waals surface area contributed by atoms with E-state index in [1.807, 2.05) is 25.1 Å². The highest BCUT2D eigenvalue weighted by molar-refractivity contribution is 5.70. The van der Waals surface area contributed by atoms with Crippen LogP contribution in [0.2, 0.25) is 0 Å². The van der Waals surface area contributed by atoms with Gasteiger partial charge in [-0.1, -0.05) is 30.7 Å². The van der Waals surface area contributed by atoms with Crippen LogP contribution in [0.5, 0.6) is 5.88 Å². The fraction of sp³-hybridized carbons (Fsp3) is 0.375. The Kier molecular flexibility index (Phi) is 3.41. The van der Waals surface area contributed by atoms with Crippen molar-refractivity contribution in [3.8, 4) is 17.0 Å². The van der Waals surface area contributed by atoms with Gasteiger partial charge in [-0.05, 0) is 36.8 Å². The molecule has 0 spiro atoms. The molecule has 0 atom stereocenters. The van der Waals surface area contributed by atoms with E-state index in [0.717, 1.165) is 24.8 Å². The van der Waals surface area contributed by atoms with Gasteiger partial charge in [-0.2, -0.15) is 0 Å². The lowest BCUT2D eigenvalue weighted by Gasteiger charge is -2.26. The van der Waals surface area contributed by atoms with E-state index in [4.69, 9.17) is 0 Å². The zero-order valence-corrected chi connectivity index (χ0v) is 11.9. The van der Waals surface area contributed by atoms with Gasteiger partial charge in [0.05, 0.1) is 0 Å². The second-order valence-electron chi connectivity index (χ2n) is 5.68. The molecule has 0 saturated heterocycles. The summed E-state index contributed by atoms with van der Waals surface area (Å²) in [6, 6.07) is 7.32. The number of H-pyrrole nitrogens is 1. The Hall–Kier alpha value is -2.30. The maximum atomic E-state index is 12.1. The second kappa shape index (κ2) is 5.24. The van der Waals surface area contributed by atoms with Gasteiger partial charge in [-0.25, -0.2) is 4.79 Å². The number of nitrogens with one attached hydrogen (secondary N) is 1. The molecule has 1 heterocycles. The molecule has 1 aliphatic rings. The van der Waals surface area contributed by atoms with Crippen LogP contribution in [0.4, 0.5) is 0 Å². The van der Waals surface area contributed by atoms with E-state index in [1.54, 1.807) is 6.07 Å². The first-order chi connectivity index (χ1) is 10.1. The predicted octanol–water partition coefficient (Wildman–Crippen LogP) is 2.02. The predicted molar refractivity (Wildman–Crippen MR) is 80.5 cm³/mol. The summed E-state index contributed by atoms with van der Waals surface area (Å²) in [6.45, 7) is 2.33. The molecule has 3 rings (SSSR count). The van der Waals surface area contributed by atoms with Crippen LogP contribution in [-0.2, 0) is 6.54 Å². The molecule has 110 valence electrons. The third-order valence-corrected chi connectivity index (χ3v) is 4.25.